The Morgan fingerprint density at radius 1 is 1.40 bits per heavy atom. The lowest BCUT2D eigenvalue weighted by atomic mass is 9.91. The molecule has 0 unspecified atom stereocenters. The molecule has 0 bridgehead atoms. The van der Waals surface area contributed by atoms with Crippen molar-refractivity contribution in [2.75, 3.05) is 0 Å². The largest absolute Gasteiger partial charge is 0.438 e. The summed E-state index contributed by atoms with van der Waals surface area (Å²) in [6, 6.07) is 0.574. The van der Waals surface area contributed by atoms with Crippen LogP contribution in [0.2, 0.25) is 0 Å². The molecule has 7 nitrogen and oxygen atoms in total. The topological polar surface area (TPSA) is 85.8 Å². The Kier molecular flexibility index (Phi) is 3.49. The molecule has 20 heavy (non-hydrogen) atoms. The molecule has 0 atom stereocenters. The van der Waals surface area contributed by atoms with Gasteiger partial charge in [-0.25, -0.2) is 14.6 Å². The molecule has 3 rings (SSSR count). The van der Waals surface area contributed by atoms with Crippen molar-refractivity contribution >= 4 is 5.91 Å². The van der Waals surface area contributed by atoms with Gasteiger partial charge in [-0.05, 0) is 32.6 Å². The zero-order valence-electron chi connectivity index (χ0n) is 11.3. The number of rotatable bonds is 3. The fourth-order valence-electron chi connectivity index (χ4n) is 2.66. The molecule has 0 radical (unpaired) electrons. The molecule has 1 aliphatic carbocycles. The Balaban J connectivity index is 1.54. The average molecular weight is 275 g/mol. The minimum Gasteiger partial charge on any atom is -0.438 e. The van der Waals surface area contributed by atoms with Crippen molar-refractivity contribution in [1.82, 2.24) is 25.1 Å². The molecule has 1 saturated carbocycles. The Bertz CT molecular complexity index is 569. The summed E-state index contributed by atoms with van der Waals surface area (Å²) in [4.78, 5) is 19.9. The third kappa shape index (κ3) is 2.56. The van der Waals surface area contributed by atoms with Gasteiger partial charge in [0, 0.05) is 6.04 Å². The van der Waals surface area contributed by atoms with Gasteiger partial charge in [0.1, 0.15) is 12.7 Å². The molecule has 2 heterocycles. The predicted octanol–water partition coefficient (Wildman–Crippen LogP) is 1.49. The van der Waals surface area contributed by atoms with Crippen molar-refractivity contribution in [1.29, 1.82) is 0 Å². The lowest BCUT2D eigenvalue weighted by molar-refractivity contribution is 0.0892. The number of carbonyl (C=O) groups excluding carboxylic acids is 1. The molecular formula is C13H17N5O2. The van der Waals surface area contributed by atoms with Crippen molar-refractivity contribution in [2.45, 2.75) is 44.7 Å². The van der Waals surface area contributed by atoms with Crippen molar-refractivity contribution in [3.63, 3.8) is 0 Å². The molecule has 0 aromatic carbocycles. The number of aromatic nitrogens is 4. The highest BCUT2D eigenvalue weighted by molar-refractivity contribution is 5.92. The van der Waals surface area contributed by atoms with E-state index < -0.39 is 0 Å². The third-order valence-corrected chi connectivity index (χ3v) is 3.79. The Morgan fingerprint density at radius 3 is 2.80 bits per heavy atom. The fraction of sp³-hybridized carbons (Fsp3) is 0.538. The zero-order valence-corrected chi connectivity index (χ0v) is 11.3. The second kappa shape index (κ2) is 5.44. The number of nitrogens with zero attached hydrogens (tertiary/aromatic N) is 4. The van der Waals surface area contributed by atoms with Gasteiger partial charge in [-0.15, -0.1) is 0 Å². The lowest BCUT2D eigenvalue weighted by Gasteiger charge is -2.28. The van der Waals surface area contributed by atoms with E-state index in [0.29, 0.717) is 17.5 Å². The van der Waals surface area contributed by atoms with Crippen molar-refractivity contribution < 1.29 is 9.21 Å². The second-order valence-electron chi connectivity index (χ2n) is 5.12. The van der Waals surface area contributed by atoms with Gasteiger partial charge >= 0.3 is 0 Å². The van der Waals surface area contributed by atoms with Crippen LogP contribution in [0.1, 0.15) is 48.0 Å². The van der Waals surface area contributed by atoms with Crippen LogP contribution in [-0.2, 0) is 0 Å². The van der Waals surface area contributed by atoms with Crippen LogP contribution in [0.15, 0.2) is 23.5 Å². The van der Waals surface area contributed by atoms with E-state index in [9.17, 15) is 4.79 Å². The van der Waals surface area contributed by atoms with Crippen molar-refractivity contribution in [3.8, 4) is 0 Å². The maximum Gasteiger partial charge on any atom is 0.289 e. The van der Waals surface area contributed by atoms with E-state index in [2.05, 4.69) is 20.4 Å². The molecule has 7 heteroatoms. The van der Waals surface area contributed by atoms with Crippen LogP contribution in [-0.4, -0.2) is 31.7 Å². The van der Waals surface area contributed by atoms with E-state index in [-0.39, 0.29) is 11.9 Å². The third-order valence-electron chi connectivity index (χ3n) is 3.79. The van der Waals surface area contributed by atoms with E-state index in [1.54, 1.807) is 19.6 Å². The van der Waals surface area contributed by atoms with E-state index >= 15 is 0 Å². The lowest BCUT2D eigenvalue weighted by Crippen LogP contribution is -2.38. The highest BCUT2D eigenvalue weighted by Gasteiger charge is 2.25. The summed E-state index contributed by atoms with van der Waals surface area (Å²) >= 11 is 0. The van der Waals surface area contributed by atoms with Crippen LogP contribution >= 0.6 is 0 Å². The quantitative estimate of drug-likeness (QED) is 0.917. The Morgan fingerprint density at radius 2 is 2.20 bits per heavy atom. The van der Waals surface area contributed by atoms with Gasteiger partial charge < -0.3 is 9.73 Å². The normalized spacial score (nSPS) is 22.6. The highest BCUT2D eigenvalue weighted by Crippen LogP contribution is 2.27. The number of nitrogens with one attached hydrogen (secondary N) is 1. The molecule has 0 spiro atoms. The van der Waals surface area contributed by atoms with Crippen LogP contribution in [0.5, 0.6) is 0 Å². The first-order valence-electron chi connectivity index (χ1n) is 6.79. The number of hydrogen-bond donors (Lipinski definition) is 1. The Labute approximate surface area is 116 Å². The van der Waals surface area contributed by atoms with Gasteiger partial charge in [0.15, 0.2) is 6.39 Å². The first-order chi connectivity index (χ1) is 9.74. The maximum absolute atomic E-state index is 12.0. The van der Waals surface area contributed by atoms with Gasteiger partial charge in [-0.3, -0.25) is 4.79 Å². The molecule has 1 fully saturated rings. The summed E-state index contributed by atoms with van der Waals surface area (Å²) in [5.41, 5.74) is 0.624. The molecule has 2 aromatic rings. The van der Waals surface area contributed by atoms with Crippen LogP contribution in [0, 0.1) is 6.92 Å². The molecule has 106 valence electrons. The fourth-order valence-corrected chi connectivity index (χ4v) is 2.66. The predicted molar refractivity (Wildman–Crippen MR) is 70.0 cm³/mol. The molecule has 1 N–H and O–H groups in total. The summed E-state index contributed by atoms with van der Waals surface area (Å²) in [7, 11) is 0. The number of carbonyl (C=O) groups is 1. The summed E-state index contributed by atoms with van der Waals surface area (Å²) in [6.45, 7) is 1.76. The Hall–Kier alpha value is -2.18. The van der Waals surface area contributed by atoms with E-state index in [4.69, 9.17) is 4.42 Å². The summed E-state index contributed by atoms with van der Waals surface area (Å²) < 4.78 is 7.00. The summed E-state index contributed by atoms with van der Waals surface area (Å²) in [5, 5.41) is 7.18. The maximum atomic E-state index is 12.0. The average Bonchev–Trinajstić information content (AvgIpc) is 3.10. The molecule has 0 saturated heterocycles. The van der Waals surface area contributed by atoms with Crippen molar-refractivity contribution in [3.05, 3.63) is 30.5 Å². The summed E-state index contributed by atoms with van der Waals surface area (Å²) in [6.07, 6.45) is 8.45. The van der Waals surface area contributed by atoms with E-state index in [1.807, 2.05) is 4.68 Å². The van der Waals surface area contributed by atoms with Crippen LogP contribution in [0.25, 0.3) is 0 Å². The smallest absolute Gasteiger partial charge is 0.289 e. The SMILES string of the molecule is Cc1ncoc1C(=O)NC1CCC(n2cncn2)CC1. The van der Waals surface area contributed by atoms with Crippen LogP contribution in [0.4, 0.5) is 0 Å². The molecule has 2 aromatic heterocycles. The zero-order chi connectivity index (χ0) is 13.9. The van der Waals surface area contributed by atoms with E-state index in [0.717, 1.165) is 25.7 Å². The number of aryl methyl sites for hydroxylation is 1. The first-order valence-corrected chi connectivity index (χ1v) is 6.79. The molecule has 1 amide bonds. The molecular weight excluding hydrogens is 258 g/mol. The number of amides is 1. The van der Waals surface area contributed by atoms with Crippen LogP contribution < -0.4 is 5.32 Å². The monoisotopic (exact) mass is 275 g/mol. The highest BCUT2D eigenvalue weighted by atomic mass is 16.3. The van der Waals surface area contributed by atoms with Gasteiger partial charge in [-0.1, -0.05) is 0 Å². The second-order valence-corrected chi connectivity index (χ2v) is 5.12. The van der Waals surface area contributed by atoms with Crippen LogP contribution in [0.3, 0.4) is 0 Å². The number of oxazole rings is 1. The van der Waals surface area contributed by atoms with Gasteiger partial charge in [0.2, 0.25) is 5.76 Å². The van der Waals surface area contributed by atoms with E-state index in [1.165, 1.54) is 6.39 Å². The first kappa shape index (κ1) is 12.8. The minimum atomic E-state index is -0.177. The van der Waals surface area contributed by atoms with Crippen molar-refractivity contribution in [2.24, 2.45) is 0 Å². The molecule has 1 aliphatic rings. The minimum absolute atomic E-state index is 0.177. The van der Waals surface area contributed by atoms with Gasteiger partial charge in [-0.2, -0.15) is 5.10 Å². The standard InChI is InChI=1S/C13H17N5O2/c1-9-12(20-8-15-9)13(19)17-10-2-4-11(5-3-10)18-7-14-6-16-18/h6-8,10-11H,2-5H2,1H3,(H,17,19). The number of hydrogen-bond acceptors (Lipinski definition) is 5. The molecule has 0 aliphatic heterocycles. The van der Waals surface area contributed by atoms with Gasteiger partial charge in [0.05, 0.1) is 11.7 Å². The van der Waals surface area contributed by atoms with Gasteiger partial charge in [0.25, 0.3) is 5.91 Å². The summed E-state index contributed by atoms with van der Waals surface area (Å²) in [5.74, 6) is 0.132.